The molecule has 0 aliphatic heterocycles. The lowest BCUT2D eigenvalue weighted by atomic mass is 10.2. The SMILES string of the molecule is Cc1nn(-c2cccc(C(F)(F)F)c2)c2sc(C(=O)NS(C)(=O)=O)cc12. The Kier molecular flexibility index (Phi) is 4.31. The van der Waals surface area contributed by atoms with Crippen LogP contribution in [0.15, 0.2) is 30.3 Å². The molecule has 6 nitrogen and oxygen atoms in total. The first-order chi connectivity index (χ1) is 12.0. The number of nitrogens with one attached hydrogen (secondary N) is 1. The molecule has 0 bridgehead atoms. The Bertz CT molecular complexity index is 1110. The van der Waals surface area contributed by atoms with Gasteiger partial charge in [0, 0.05) is 5.39 Å². The van der Waals surface area contributed by atoms with Crippen molar-refractivity contribution >= 4 is 37.5 Å². The number of hydrogen-bond donors (Lipinski definition) is 1. The maximum absolute atomic E-state index is 12.9. The fourth-order valence-corrected chi connectivity index (χ4v) is 3.96. The van der Waals surface area contributed by atoms with Crippen molar-refractivity contribution < 1.29 is 26.4 Å². The number of nitrogens with zero attached hydrogens (tertiary/aromatic N) is 2. The van der Waals surface area contributed by atoms with E-state index in [0.717, 1.165) is 29.7 Å². The predicted molar refractivity (Wildman–Crippen MR) is 91.0 cm³/mol. The molecule has 2 aromatic heterocycles. The maximum atomic E-state index is 12.9. The standard InChI is InChI=1S/C15H12F3N3O3S2/c1-8-11-7-12(13(22)20-26(2,23)24)25-14(11)21(19-8)10-5-3-4-9(6-10)15(16,17)18/h3-7H,1-2H3,(H,20,22). The van der Waals surface area contributed by atoms with Gasteiger partial charge in [-0.3, -0.25) is 4.79 Å². The summed E-state index contributed by atoms with van der Waals surface area (Å²) in [5.74, 6) is -0.802. The number of thiophene rings is 1. The highest BCUT2D eigenvalue weighted by Crippen LogP contribution is 2.33. The molecule has 0 spiro atoms. The van der Waals surface area contributed by atoms with Crippen LogP contribution in [0.2, 0.25) is 0 Å². The molecule has 0 aliphatic rings. The summed E-state index contributed by atoms with van der Waals surface area (Å²) in [6.45, 7) is 1.65. The second kappa shape index (κ2) is 6.09. The first-order valence-corrected chi connectivity index (χ1v) is 9.85. The van der Waals surface area contributed by atoms with Gasteiger partial charge in [-0.1, -0.05) is 6.07 Å². The molecule has 0 atom stereocenters. The van der Waals surface area contributed by atoms with Crippen molar-refractivity contribution in [3.63, 3.8) is 0 Å². The van der Waals surface area contributed by atoms with Crippen LogP contribution in [0.5, 0.6) is 0 Å². The fourth-order valence-electron chi connectivity index (χ4n) is 2.37. The number of alkyl halides is 3. The van der Waals surface area contributed by atoms with Gasteiger partial charge in [0.15, 0.2) is 0 Å². The van der Waals surface area contributed by atoms with E-state index < -0.39 is 27.7 Å². The van der Waals surface area contributed by atoms with Crippen LogP contribution >= 0.6 is 11.3 Å². The van der Waals surface area contributed by atoms with E-state index in [2.05, 4.69) is 5.10 Å². The summed E-state index contributed by atoms with van der Waals surface area (Å²) in [5.41, 5.74) is -0.121. The highest BCUT2D eigenvalue weighted by Gasteiger charge is 2.31. The number of rotatable bonds is 3. The number of benzene rings is 1. The lowest BCUT2D eigenvalue weighted by molar-refractivity contribution is -0.137. The number of halogens is 3. The lowest BCUT2D eigenvalue weighted by Crippen LogP contribution is -2.28. The summed E-state index contributed by atoms with van der Waals surface area (Å²) < 4.78 is 64.4. The minimum atomic E-state index is -4.49. The maximum Gasteiger partial charge on any atom is 0.416 e. The van der Waals surface area contributed by atoms with Crippen molar-refractivity contribution in [2.45, 2.75) is 13.1 Å². The van der Waals surface area contributed by atoms with Crippen LogP contribution in [-0.4, -0.2) is 30.4 Å². The average Bonchev–Trinajstić information content (AvgIpc) is 3.06. The zero-order valence-electron chi connectivity index (χ0n) is 13.5. The number of amides is 1. The summed E-state index contributed by atoms with van der Waals surface area (Å²) >= 11 is 0.944. The fraction of sp³-hybridized carbons (Fsp3) is 0.200. The second-order valence-electron chi connectivity index (χ2n) is 5.58. The van der Waals surface area contributed by atoms with E-state index in [9.17, 15) is 26.4 Å². The van der Waals surface area contributed by atoms with E-state index in [0.29, 0.717) is 15.9 Å². The Labute approximate surface area is 150 Å². The minimum Gasteiger partial charge on any atom is -0.267 e. The first kappa shape index (κ1) is 18.4. The minimum absolute atomic E-state index is 0.117. The van der Waals surface area contributed by atoms with Crippen LogP contribution in [0.25, 0.3) is 15.9 Å². The van der Waals surface area contributed by atoms with Gasteiger partial charge in [-0.25, -0.2) is 17.8 Å². The monoisotopic (exact) mass is 403 g/mol. The number of carbonyl (C=O) groups excluding carboxylic acids is 1. The van der Waals surface area contributed by atoms with Crippen molar-refractivity contribution in [3.8, 4) is 5.69 Å². The Hall–Kier alpha value is -2.40. The van der Waals surface area contributed by atoms with Gasteiger partial charge in [0.05, 0.1) is 28.1 Å². The molecular formula is C15H12F3N3O3S2. The second-order valence-corrected chi connectivity index (χ2v) is 8.36. The Morgan fingerprint density at radius 2 is 1.96 bits per heavy atom. The average molecular weight is 403 g/mol. The number of sulfonamides is 1. The molecule has 0 aliphatic carbocycles. The molecule has 3 rings (SSSR count). The van der Waals surface area contributed by atoms with Crippen LogP contribution in [0.3, 0.4) is 0 Å². The van der Waals surface area contributed by atoms with Crippen molar-refractivity contribution in [2.24, 2.45) is 0 Å². The van der Waals surface area contributed by atoms with Crippen molar-refractivity contribution in [1.82, 2.24) is 14.5 Å². The third kappa shape index (κ3) is 3.58. The van der Waals surface area contributed by atoms with Crippen molar-refractivity contribution in [3.05, 3.63) is 46.5 Å². The van der Waals surface area contributed by atoms with E-state index in [-0.39, 0.29) is 10.6 Å². The Morgan fingerprint density at radius 3 is 2.58 bits per heavy atom. The molecule has 138 valence electrons. The third-order valence-electron chi connectivity index (χ3n) is 3.46. The van der Waals surface area contributed by atoms with Gasteiger partial charge in [-0.15, -0.1) is 11.3 Å². The summed E-state index contributed by atoms with van der Waals surface area (Å²) in [5, 5.41) is 4.79. The molecule has 0 radical (unpaired) electrons. The van der Waals surface area contributed by atoms with E-state index >= 15 is 0 Å². The summed E-state index contributed by atoms with van der Waals surface area (Å²) in [4.78, 5) is 12.6. The van der Waals surface area contributed by atoms with Crippen molar-refractivity contribution in [2.75, 3.05) is 6.26 Å². The molecule has 0 saturated carbocycles. The molecule has 0 fully saturated rings. The van der Waals surface area contributed by atoms with Gasteiger partial charge in [-0.05, 0) is 31.2 Å². The van der Waals surface area contributed by atoms with Gasteiger partial charge in [0.1, 0.15) is 4.83 Å². The molecular weight excluding hydrogens is 391 g/mol. The smallest absolute Gasteiger partial charge is 0.267 e. The third-order valence-corrected chi connectivity index (χ3v) is 5.13. The normalized spacial score (nSPS) is 12.5. The number of carbonyl (C=O) groups is 1. The highest BCUT2D eigenvalue weighted by atomic mass is 32.2. The van der Waals surface area contributed by atoms with Gasteiger partial charge in [-0.2, -0.15) is 18.3 Å². The molecule has 11 heteroatoms. The molecule has 2 heterocycles. The number of aryl methyl sites for hydroxylation is 1. The van der Waals surface area contributed by atoms with Crippen LogP contribution in [0.4, 0.5) is 13.2 Å². The van der Waals surface area contributed by atoms with E-state index in [4.69, 9.17) is 0 Å². The molecule has 0 saturated heterocycles. The zero-order chi connectivity index (χ0) is 19.3. The van der Waals surface area contributed by atoms with Crippen LogP contribution in [-0.2, 0) is 16.2 Å². The van der Waals surface area contributed by atoms with Gasteiger partial charge < -0.3 is 0 Å². The van der Waals surface area contributed by atoms with E-state index in [1.54, 1.807) is 6.92 Å². The van der Waals surface area contributed by atoms with E-state index in [1.807, 2.05) is 4.72 Å². The zero-order valence-corrected chi connectivity index (χ0v) is 15.1. The summed E-state index contributed by atoms with van der Waals surface area (Å²) in [7, 11) is -3.73. The molecule has 1 amide bonds. The predicted octanol–water partition coefficient (Wildman–Crippen LogP) is 3.10. The summed E-state index contributed by atoms with van der Waals surface area (Å²) in [6.07, 6.45) is -3.64. The highest BCUT2D eigenvalue weighted by molar-refractivity contribution is 7.89. The van der Waals surface area contributed by atoms with Crippen molar-refractivity contribution in [1.29, 1.82) is 0 Å². The molecule has 3 aromatic rings. The molecule has 26 heavy (non-hydrogen) atoms. The number of aromatic nitrogens is 2. The topological polar surface area (TPSA) is 81.1 Å². The van der Waals surface area contributed by atoms with Gasteiger partial charge in [0.25, 0.3) is 5.91 Å². The van der Waals surface area contributed by atoms with Gasteiger partial charge in [0.2, 0.25) is 10.0 Å². The van der Waals surface area contributed by atoms with Crippen LogP contribution in [0, 0.1) is 6.92 Å². The Morgan fingerprint density at radius 1 is 1.27 bits per heavy atom. The van der Waals surface area contributed by atoms with Gasteiger partial charge >= 0.3 is 6.18 Å². The summed E-state index contributed by atoms with van der Waals surface area (Å²) in [6, 6.07) is 6.12. The lowest BCUT2D eigenvalue weighted by Gasteiger charge is -2.09. The molecule has 1 aromatic carbocycles. The Balaban J connectivity index is 2.10. The number of hydrogen-bond acceptors (Lipinski definition) is 5. The molecule has 0 unspecified atom stereocenters. The number of fused-ring (bicyclic) bond motifs is 1. The first-order valence-electron chi connectivity index (χ1n) is 7.14. The van der Waals surface area contributed by atoms with E-state index in [1.165, 1.54) is 22.9 Å². The quantitative estimate of drug-likeness (QED) is 0.729. The van der Waals surface area contributed by atoms with Crippen LogP contribution in [0.1, 0.15) is 20.9 Å². The molecule has 1 N–H and O–H groups in total. The van der Waals surface area contributed by atoms with Crippen LogP contribution < -0.4 is 4.72 Å². The largest absolute Gasteiger partial charge is 0.416 e.